The van der Waals surface area contributed by atoms with E-state index in [4.69, 9.17) is 10.00 Å². The number of hydrogen-bond acceptors (Lipinski definition) is 4. The monoisotopic (exact) mass is 299 g/mol. The van der Waals surface area contributed by atoms with Crippen LogP contribution >= 0.6 is 0 Å². The summed E-state index contributed by atoms with van der Waals surface area (Å²) in [6.07, 6.45) is 9.68. The molecule has 0 N–H and O–H groups in total. The Bertz CT molecular complexity index is 542. The van der Waals surface area contributed by atoms with Crippen LogP contribution in [0.4, 0.5) is 5.82 Å². The fourth-order valence-electron chi connectivity index (χ4n) is 4.39. The summed E-state index contributed by atoms with van der Waals surface area (Å²) in [5, 5.41) is 8.91. The van der Waals surface area contributed by atoms with Crippen molar-refractivity contribution in [1.29, 1.82) is 5.26 Å². The highest BCUT2D eigenvalue weighted by Crippen LogP contribution is 2.55. The molecule has 22 heavy (non-hydrogen) atoms. The molecule has 0 aliphatic heterocycles. The molecule has 3 rings (SSSR count). The molecular formula is C18H25N3O. The summed E-state index contributed by atoms with van der Waals surface area (Å²) in [4.78, 5) is 6.77. The summed E-state index contributed by atoms with van der Waals surface area (Å²) < 4.78 is 6.03. The number of rotatable bonds is 4. The van der Waals surface area contributed by atoms with Gasteiger partial charge < -0.3 is 9.64 Å². The molecular weight excluding hydrogens is 274 g/mol. The molecule has 0 bridgehead atoms. The van der Waals surface area contributed by atoms with Crippen molar-refractivity contribution in [1.82, 2.24) is 4.98 Å². The molecule has 0 saturated heterocycles. The number of aromatic nitrogens is 1. The number of nitriles is 1. The Balaban J connectivity index is 1.79. The minimum absolute atomic E-state index is 0.304. The first-order valence-corrected chi connectivity index (χ1v) is 8.42. The lowest BCUT2D eigenvalue weighted by atomic mass is 9.54. The molecule has 1 aromatic rings. The lowest BCUT2D eigenvalue weighted by Gasteiger charge is -2.60. The number of nitrogens with zero attached hydrogens (tertiary/aromatic N) is 3. The van der Waals surface area contributed by atoms with Crippen LogP contribution in [0.2, 0.25) is 0 Å². The molecule has 2 unspecified atom stereocenters. The van der Waals surface area contributed by atoms with Crippen LogP contribution < -0.4 is 4.90 Å². The first-order chi connectivity index (χ1) is 10.7. The van der Waals surface area contributed by atoms with E-state index in [0.717, 1.165) is 18.8 Å². The molecule has 4 heteroatoms. The highest BCUT2D eigenvalue weighted by molar-refractivity contribution is 5.44. The van der Waals surface area contributed by atoms with Crippen LogP contribution in [0.25, 0.3) is 0 Å². The van der Waals surface area contributed by atoms with Crippen molar-refractivity contribution >= 4 is 5.82 Å². The molecule has 1 spiro atoms. The first kappa shape index (κ1) is 15.3. The van der Waals surface area contributed by atoms with Crippen molar-refractivity contribution in [2.24, 2.45) is 5.41 Å². The van der Waals surface area contributed by atoms with Gasteiger partial charge in [-0.15, -0.1) is 0 Å². The average molecular weight is 299 g/mol. The van der Waals surface area contributed by atoms with Crippen LogP contribution in [-0.4, -0.2) is 30.8 Å². The third kappa shape index (κ3) is 2.48. The quantitative estimate of drug-likeness (QED) is 0.853. The van der Waals surface area contributed by atoms with Gasteiger partial charge in [0.25, 0.3) is 0 Å². The Morgan fingerprint density at radius 2 is 2.14 bits per heavy atom. The van der Waals surface area contributed by atoms with Crippen LogP contribution in [0.15, 0.2) is 18.3 Å². The van der Waals surface area contributed by atoms with Crippen molar-refractivity contribution in [2.45, 2.75) is 57.6 Å². The molecule has 4 nitrogen and oxygen atoms in total. The molecule has 1 heterocycles. The maximum atomic E-state index is 8.91. The molecule has 2 saturated carbocycles. The lowest BCUT2D eigenvalue weighted by Crippen LogP contribution is -2.65. The van der Waals surface area contributed by atoms with E-state index >= 15 is 0 Å². The van der Waals surface area contributed by atoms with Crippen LogP contribution in [0, 0.1) is 16.7 Å². The molecule has 0 radical (unpaired) electrons. The van der Waals surface area contributed by atoms with Crippen molar-refractivity contribution in [2.75, 3.05) is 18.6 Å². The largest absolute Gasteiger partial charge is 0.378 e. The second kappa shape index (κ2) is 6.26. The maximum absolute atomic E-state index is 8.91. The van der Waals surface area contributed by atoms with Gasteiger partial charge in [0, 0.05) is 31.3 Å². The summed E-state index contributed by atoms with van der Waals surface area (Å²) in [5.41, 5.74) is 0.920. The Morgan fingerprint density at radius 1 is 1.36 bits per heavy atom. The molecule has 1 aromatic heterocycles. The normalized spacial score (nSPS) is 26.2. The predicted molar refractivity (Wildman–Crippen MR) is 86.7 cm³/mol. The van der Waals surface area contributed by atoms with E-state index in [2.05, 4.69) is 29.9 Å². The smallest absolute Gasteiger partial charge is 0.128 e. The predicted octanol–water partition coefficient (Wildman–Crippen LogP) is 3.52. The zero-order valence-corrected chi connectivity index (χ0v) is 13.6. The van der Waals surface area contributed by atoms with Crippen LogP contribution in [0.3, 0.4) is 0 Å². The summed E-state index contributed by atoms with van der Waals surface area (Å²) in [5.74, 6) is 0.962. The Hall–Kier alpha value is -1.60. The van der Waals surface area contributed by atoms with E-state index in [1.807, 2.05) is 12.1 Å². The summed E-state index contributed by atoms with van der Waals surface area (Å²) >= 11 is 0. The third-order valence-corrected chi connectivity index (χ3v) is 5.60. The zero-order valence-electron chi connectivity index (χ0n) is 13.6. The summed E-state index contributed by atoms with van der Waals surface area (Å²) in [6.45, 7) is 2.90. The lowest BCUT2D eigenvalue weighted by molar-refractivity contribution is -0.141. The molecule has 118 valence electrons. The van der Waals surface area contributed by atoms with Crippen molar-refractivity contribution in [3.63, 3.8) is 0 Å². The average Bonchev–Trinajstić information content (AvgIpc) is 2.58. The second-order valence-electron chi connectivity index (χ2n) is 6.62. The SMILES string of the molecule is CCOC1CC(N(C)c2ccc(C#N)cn2)C12CCCCC2. The number of pyridine rings is 1. The van der Waals surface area contributed by atoms with E-state index in [0.29, 0.717) is 23.1 Å². The number of hydrogen-bond donors (Lipinski definition) is 0. The molecule has 2 fully saturated rings. The Labute approximate surface area is 133 Å². The summed E-state index contributed by atoms with van der Waals surface area (Å²) in [7, 11) is 2.14. The van der Waals surface area contributed by atoms with Gasteiger partial charge >= 0.3 is 0 Å². The van der Waals surface area contributed by atoms with Gasteiger partial charge in [-0.05, 0) is 38.3 Å². The molecule has 2 aliphatic rings. The molecule has 2 aliphatic carbocycles. The minimum atomic E-state index is 0.304. The van der Waals surface area contributed by atoms with E-state index < -0.39 is 0 Å². The van der Waals surface area contributed by atoms with Gasteiger partial charge in [-0.3, -0.25) is 0 Å². The maximum Gasteiger partial charge on any atom is 0.128 e. The highest BCUT2D eigenvalue weighted by atomic mass is 16.5. The van der Waals surface area contributed by atoms with E-state index in [9.17, 15) is 0 Å². The van der Waals surface area contributed by atoms with Gasteiger partial charge in [0.2, 0.25) is 0 Å². The van der Waals surface area contributed by atoms with Gasteiger partial charge in [0.05, 0.1) is 11.7 Å². The fraction of sp³-hybridized carbons (Fsp3) is 0.667. The van der Waals surface area contributed by atoms with Crippen molar-refractivity contribution < 1.29 is 4.74 Å². The van der Waals surface area contributed by atoms with Crippen LogP contribution in [-0.2, 0) is 4.74 Å². The van der Waals surface area contributed by atoms with Gasteiger partial charge in [0.1, 0.15) is 11.9 Å². The standard InChI is InChI=1S/C18H25N3O/c1-3-22-16-11-15(18(16)9-5-4-6-10-18)21(2)17-8-7-14(12-19)13-20-17/h7-8,13,15-16H,3-6,9-11H2,1-2H3. The van der Waals surface area contributed by atoms with Gasteiger partial charge in [-0.2, -0.15) is 5.26 Å². The van der Waals surface area contributed by atoms with Crippen molar-refractivity contribution in [3.8, 4) is 6.07 Å². The van der Waals surface area contributed by atoms with Crippen LogP contribution in [0.5, 0.6) is 0 Å². The molecule has 0 amide bonds. The molecule has 0 aromatic carbocycles. The summed E-state index contributed by atoms with van der Waals surface area (Å²) in [6, 6.07) is 6.45. The van der Waals surface area contributed by atoms with Gasteiger partial charge in [0.15, 0.2) is 0 Å². The topological polar surface area (TPSA) is 49.1 Å². The third-order valence-electron chi connectivity index (χ3n) is 5.60. The molecule has 2 atom stereocenters. The Kier molecular flexibility index (Phi) is 4.35. The van der Waals surface area contributed by atoms with E-state index in [1.165, 1.54) is 32.1 Å². The zero-order chi connectivity index (χ0) is 15.6. The second-order valence-corrected chi connectivity index (χ2v) is 6.62. The van der Waals surface area contributed by atoms with E-state index in [-0.39, 0.29) is 0 Å². The van der Waals surface area contributed by atoms with E-state index in [1.54, 1.807) is 6.20 Å². The van der Waals surface area contributed by atoms with Gasteiger partial charge in [-0.1, -0.05) is 19.3 Å². The Morgan fingerprint density at radius 3 is 2.73 bits per heavy atom. The van der Waals surface area contributed by atoms with Crippen LogP contribution in [0.1, 0.15) is 51.0 Å². The van der Waals surface area contributed by atoms with Crippen molar-refractivity contribution in [3.05, 3.63) is 23.9 Å². The number of ether oxygens (including phenoxy) is 1. The number of anilines is 1. The van der Waals surface area contributed by atoms with Gasteiger partial charge in [-0.25, -0.2) is 4.98 Å². The first-order valence-electron chi connectivity index (χ1n) is 8.42. The highest BCUT2D eigenvalue weighted by Gasteiger charge is 2.57. The minimum Gasteiger partial charge on any atom is -0.378 e. The fourth-order valence-corrected chi connectivity index (χ4v) is 4.39.